The lowest BCUT2D eigenvalue weighted by Gasteiger charge is -2.30. The standard InChI is InChI=1S/C12H15N3O4/c1-7(16)9-5-13-12(19)15(11(9)18)8-3-4-10(17)14(2)6-8/h5,8H,3-4,6H2,1-2H3,(H,13,19). The van der Waals surface area contributed by atoms with Crippen LogP contribution in [0.25, 0.3) is 0 Å². The maximum absolute atomic E-state index is 12.1. The summed E-state index contributed by atoms with van der Waals surface area (Å²) in [5.74, 6) is -0.404. The first-order chi connectivity index (χ1) is 8.91. The minimum atomic E-state index is -0.594. The topological polar surface area (TPSA) is 92.2 Å². The van der Waals surface area contributed by atoms with Crippen molar-refractivity contribution in [3.8, 4) is 0 Å². The average molecular weight is 265 g/mol. The molecule has 1 amide bonds. The summed E-state index contributed by atoms with van der Waals surface area (Å²) in [5.41, 5.74) is -1.19. The van der Waals surface area contributed by atoms with Gasteiger partial charge in [-0.25, -0.2) is 4.79 Å². The molecule has 0 radical (unpaired) electrons. The van der Waals surface area contributed by atoms with Crippen molar-refractivity contribution in [3.63, 3.8) is 0 Å². The quantitative estimate of drug-likeness (QED) is 0.732. The Morgan fingerprint density at radius 1 is 1.37 bits per heavy atom. The van der Waals surface area contributed by atoms with Crippen molar-refractivity contribution in [1.82, 2.24) is 14.5 Å². The summed E-state index contributed by atoms with van der Waals surface area (Å²) < 4.78 is 1.04. The van der Waals surface area contributed by atoms with Crippen molar-refractivity contribution in [2.24, 2.45) is 0 Å². The van der Waals surface area contributed by atoms with Gasteiger partial charge in [0.15, 0.2) is 5.78 Å². The number of carbonyl (C=O) groups excluding carboxylic acids is 2. The molecule has 7 heteroatoms. The second-order valence-corrected chi connectivity index (χ2v) is 4.71. The van der Waals surface area contributed by atoms with E-state index in [1.165, 1.54) is 11.8 Å². The summed E-state index contributed by atoms with van der Waals surface area (Å²) in [4.78, 5) is 50.6. The van der Waals surface area contributed by atoms with Crippen molar-refractivity contribution in [2.45, 2.75) is 25.8 Å². The van der Waals surface area contributed by atoms with Crippen LogP contribution in [0.3, 0.4) is 0 Å². The molecule has 1 atom stereocenters. The van der Waals surface area contributed by atoms with Gasteiger partial charge in [0.2, 0.25) is 5.91 Å². The summed E-state index contributed by atoms with van der Waals surface area (Å²) in [7, 11) is 1.63. The minimum Gasteiger partial charge on any atom is -0.344 e. The van der Waals surface area contributed by atoms with Crippen LogP contribution in [-0.2, 0) is 4.79 Å². The maximum atomic E-state index is 12.1. The van der Waals surface area contributed by atoms with Gasteiger partial charge >= 0.3 is 5.69 Å². The number of hydrogen-bond acceptors (Lipinski definition) is 4. The monoisotopic (exact) mass is 265 g/mol. The second kappa shape index (κ2) is 4.83. The first-order valence-electron chi connectivity index (χ1n) is 6.01. The predicted molar refractivity (Wildman–Crippen MR) is 67.2 cm³/mol. The van der Waals surface area contributed by atoms with Crippen molar-refractivity contribution in [1.29, 1.82) is 0 Å². The summed E-state index contributed by atoms with van der Waals surface area (Å²) in [6, 6.07) is -0.391. The Bertz CT molecular complexity index is 643. The number of aromatic nitrogens is 2. The van der Waals surface area contributed by atoms with Gasteiger partial charge in [-0.2, -0.15) is 0 Å². The molecular formula is C12H15N3O4. The molecule has 1 aliphatic rings. The predicted octanol–water partition coefficient (Wildman–Crippen LogP) is -0.468. The van der Waals surface area contributed by atoms with Crippen LogP contribution in [0.5, 0.6) is 0 Å². The lowest BCUT2D eigenvalue weighted by molar-refractivity contribution is -0.133. The molecule has 1 saturated heterocycles. The Hall–Kier alpha value is -2.18. The lowest BCUT2D eigenvalue weighted by atomic mass is 10.1. The Balaban J connectivity index is 2.48. The normalized spacial score (nSPS) is 19.6. The van der Waals surface area contributed by atoms with Crippen LogP contribution in [0.15, 0.2) is 15.8 Å². The third-order valence-corrected chi connectivity index (χ3v) is 3.35. The number of Topliss-reactive ketones (excluding diaryl/α,β-unsaturated/α-hetero) is 1. The number of nitrogens with zero attached hydrogens (tertiary/aromatic N) is 2. The number of H-pyrrole nitrogens is 1. The Labute approximate surface area is 108 Å². The Morgan fingerprint density at radius 2 is 2.05 bits per heavy atom. The number of likely N-dealkylation sites (tertiary alicyclic amines) is 1. The van der Waals surface area contributed by atoms with Crippen LogP contribution >= 0.6 is 0 Å². The van der Waals surface area contributed by atoms with Crippen LogP contribution in [0.2, 0.25) is 0 Å². The van der Waals surface area contributed by atoms with E-state index in [0.717, 1.165) is 10.8 Å². The molecular weight excluding hydrogens is 250 g/mol. The zero-order valence-corrected chi connectivity index (χ0v) is 10.8. The number of nitrogens with one attached hydrogen (secondary N) is 1. The van der Waals surface area contributed by atoms with Crippen molar-refractivity contribution in [3.05, 3.63) is 32.6 Å². The highest BCUT2D eigenvalue weighted by Crippen LogP contribution is 2.18. The molecule has 1 aromatic heterocycles. The number of ketones is 1. The van der Waals surface area contributed by atoms with Gasteiger partial charge in [-0.15, -0.1) is 0 Å². The van der Waals surface area contributed by atoms with E-state index < -0.39 is 23.1 Å². The Kier molecular flexibility index (Phi) is 3.37. The smallest absolute Gasteiger partial charge is 0.328 e. The molecule has 1 fully saturated rings. The number of hydrogen-bond donors (Lipinski definition) is 1. The van der Waals surface area contributed by atoms with Gasteiger partial charge in [0.1, 0.15) is 0 Å². The number of rotatable bonds is 2. The fourth-order valence-corrected chi connectivity index (χ4v) is 2.27. The summed E-state index contributed by atoms with van der Waals surface area (Å²) in [6.07, 6.45) is 1.85. The van der Waals surface area contributed by atoms with Crippen LogP contribution in [0.4, 0.5) is 0 Å². The van der Waals surface area contributed by atoms with Crippen LogP contribution in [-0.4, -0.2) is 39.7 Å². The van der Waals surface area contributed by atoms with Crippen molar-refractivity contribution < 1.29 is 9.59 Å². The molecule has 2 rings (SSSR count). The number of piperidine rings is 1. The SMILES string of the molecule is CC(=O)c1c[nH]c(=O)n(C2CCC(=O)N(C)C2)c1=O. The molecule has 19 heavy (non-hydrogen) atoms. The van der Waals surface area contributed by atoms with E-state index in [1.54, 1.807) is 7.05 Å². The van der Waals surface area contributed by atoms with Gasteiger partial charge in [0.05, 0.1) is 11.6 Å². The molecule has 1 unspecified atom stereocenters. The van der Waals surface area contributed by atoms with Gasteiger partial charge in [0.25, 0.3) is 5.56 Å². The van der Waals surface area contributed by atoms with Gasteiger partial charge in [-0.1, -0.05) is 0 Å². The third kappa shape index (κ3) is 2.35. The molecule has 0 aromatic carbocycles. The minimum absolute atomic E-state index is 0.0107. The van der Waals surface area contributed by atoms with E-state index in [0.29, 0.717) is 13.0 Å². The first-order valence-corrected chi connectivity index (χ1v) is 6.01. The third-order valence-electron chi connectivity index (χ3n) is 3.35. The Morgan fingerprint density at radius 3 is 2.63 bits per heavy atom. The van der Waals surface area contributed by atoms with Crippen LogP contribution < -0.4 is 11.2 Å². The molecule has 2 heterocycles. The molecule has 0 saturated carbocycles. The molecule has 0 bridgehead atoms. The molecule has 0 spiro atoms. The molecule has 1 aliphatic heterocycles. The van der Waals surface area contributed by atoms with E-state index in [9.17, 15) is 19.2 Å². The number of carbonyl (C=O) groups is 2. The van der Waals surface area contributed by atoms with Gasteiger partial charge in [0, 0.05) is 26.2 Å². The molecule has 1 N–H and O–H groups in total. The average Bonchev–Trinajstić information content (AvgIpc) is 2.33. The van der Waals surface area contributed by atoms with Crippen molar-refractivity contribution in [2.75, 3.05) is 13.6 Å². The number of aromatic amines is 1. The molecule has 102 valence electrons. The highest BCUT2D eigenvalue weighted by Gasteiger charge is 2.27. The fourth-order valence-electron chi connectivity index (χ4n) is 2.27. The van der Waals surface area contributed by atoms with E-state index >= 15 is 0 Å². The summed E-state index contributed by atoms with van der Waals surface area (Å²) in [5, 5.41) is 0. The zero-order valence-electron chi connectivity index (χ0n) is 10.8. The van der Waals surface area contributed by atoms with Crippen LogP contribution in [0, 0.1) is 0 Å². The van der Waals surface area contributed by atoms with Crippen molar-refractivity contribution >= 4 is 11.7 Å². The highest BCUT2D eigenvalue weighted by atomic mass is 16.2. The van der Waals surface area contributed by atoms with E-state index in [1.807, 2.05) is 0 Å². The lowest BCUT2D eigenvalue weighted by Crippen LogP contribution is -2.47. The summed E-state index contributed by atoms with van der Waals surface area (Å²) in [6.45, 7) is 1.57. The van der Waals surface area contributed by atoms with E-state index in [2.05, 4.69) is 4.98 Å². The number of likely N-dealkylation sites (N-methyl/N-ethyl adjacent to an activating group) is 1. The highest BCUT2D eigenvalue weighted by molar-refractivity contribution is 5.93. The zero-order chi connectivity index (χ0) is 14.2. The first kappa shape index (κ1) is 13.3. The largest absolute Gasteiger partial charge is 0.344 e. The van der Waals surface area contributed by atoms with Gasteiger partial charge < -0.3 is 9.88 Å². The maximum Gasteiger partial charge on any atom is 0.328 e. The van der Waals surface area contributed by atoms with E-state index in [-0.39, 0.29) is 17.9 Å². The summed E-state index contributed by atoms with van der Waals surface area (Å²) >= 11 is 0. The van der Waals surface area contributed by atoms with E-state index in [4.69, 9.17) is 0 Å². The molecule has 7 nitrogen and oxygen atoms in total. The van der Waals surface area contributed by atoms with Gasteiger partial charge in [-0.05, 0) is 13.3 Å². The fraction of sp³-hybridized carbons (Fsp3) is 0.500. The van der Waals surface area contributed by atoms with Gasteiger partial charge in [-0.3, -0.25) is 19.0 Å². The number of amides is 1. The second-order valence-electron chi connectivity index (χ2n) is 4.71. The molecule has 0 aliphatic carbocycles. The molecule has 1 aromatic rings. The van der Waals surface area contributed by atoms with Crippen LogP contribution in [0.1, 0.15) is 36.2 Å².